The van der Waals surface area contributed by atoms with E-state index in [-0.39, 0.29) is 5.78 Å². The number of hydrogen-bond acceptors (Lipinski definition) is 2. The molecular formula is C13H19NO. The van der Waals surface area contributed by atoms with Gasteiger partial charge in [0.05, 0.1) is 0 Å². The maximum Gasteiger partial charge on any atom is 0.163 e. The number of aryl methyl sites for hydroxylation is 3. The molecule has 0 unspecified atom stereocenters. The van der Waals surface area contributed by atoms with Crippen LogP contribution in [-0.2, 0) is 0 Å². The monoisotopic (exact) mass is 205 g/mol. The van der Waals surface area contributed by atoms with Gasteiger partial charge in [0.15, 0.2) is 5.78 Å². The Morgan fingerprint density at radius 1 is 1.20 bits per heavy atom. The normalized spacial score (nSPS) is 10.4. The minimum atomic E-state index is 0.218. The van der Waals surface area contributed by atoms with Crippen molar-refractivity contribution >= 4 is 5.78 Å². The zero-order valence-corrected chi connectivity index (χ0v) is 9.76. The Balaban J connectivity index is 2.98. The molecule has 0 atom stereocenters. The molecule has 2 heteroatoms. The number of nitrogens with two attached hydrogens (primary N) is 1. The van der Waals surface area contributed by atoms with Gasteiger partial charge < -0.3 is 5.73 Å². The lowest BCUT2D eigenvalue weighted by Crippen LogP contribution is -2.08. The van der Waals surface area contributed by atoms with Gasteiger partial charge in [-0.3, -0.25) is 4.79 Å². The van der Waals surface area contributed by atoms with Gasteiger partial charge in [-0.2, -0.15) is 0 Å². The van der Waals surface area contributed by atoms with E-state index in [9.17, 15) is 4.79 Å². The number of benzene rings is 1. The van der Waals surface area contributed by atoms with E-state index in [1.165, 1.54) is 5.56 Å². The highest BCUT2D eigenvalue weighted by atomic mass is 16.1. The number of carbonyl (C=O) groups excluding carboxylic acids is 1. The lowest BCUT2D eigenvalue weighted by Gasteiger charge is -2.09. The van der Waals surface area contributed by atoms with Crippen molar-refractivity contribution < 1.29 is 4.79 Å². The molecule has 82 valence electrons. The molecule has 0 spiro atoms. The summed E-state index contributed by atoms with van der Waals surface area (Å²) in [5, 5.41) is 0. The van der Waals surface area contributed by atoms with Crippen molar-refractivity contribution in [2.45, 2.75) is 33.6 Å². The van der Waals surface area contributed by atoms with Crippen molar-refractivity contribution in [2.24, 2.45) is 5.73 Å². The summed E-state index contributed by atoms with van der Waals surface area (Å²) in [5.74, 6) is 0.218. The molecule has 0 aliphatic heterocycles. The third-order valence-electron chi connectivity index (χ3n) is 2.56. The van der Waals surface area contributed by atoms with Crippen LogP contribution in [0.3, 0.4) is 0 Å². The van der Waals surface area contributed by atoms with Crippen molar-refractivity contribution in [3.8, 4) is 0 Å². The average Bonchev–Trinajstić information content (AvgIpc) is 2.12. The molecule has 15 heavy (non-hydrogen) atoms. The maximum atomic E-state index is 11.9. The van der Waals surface area contributed by atoms with Crippen molar-refractivity contribution in [2.75, 3.05) is 6.54 Å². The zero-order chi connectivity index (χ0) is 11.4. The SMILES string of the molecule is Cc1cc(C)c(C(=O)CCCN)c(C)c1. The second kappa shape index (κ2) is 5.08. The van der Waals surface area contributed by atoms with Crippen molar-refractivity contribution in [1.82, 2.24) is 0 Å². The first kappa shape index (κ1) is 11.9. The number of rotatable bonds is 4. The Labute approximate surface area is 91.5 Å². The highest BCUT2D eigenvalue weighted by Gasteiger charge is 2.11. The summed E-state index contributed by atoms with van der Waals surface area (Å²) >= 11 is 0. The van der Waals surface area contributed by atoms with Gasteiger partial charge in [0.2, 0.25) is 0 Å². The highest BCUT2D eigenvalue weighted by Crippen LogP contribution is 2.18. The fraction of sp³-hybridized carbons (Fsp3) is 0.462. The van der Waals surface area contributed by atoms with E-state index < -0.39 is 0 Å². The van der Waals surface area contributed by atoms with Crippen molar-refractivity contribution in [3.05, 3.63) is 34.4 Å². The topological polar surface area (TPSA) is 43.1 Å². The Bertz CT molecular complexity index is 346. The lowest BCUT2D eigenvalue weighted by atomic mass is 9.95. The van der Waals surface area contributed by atoms with Crippen LogP contribution < -0.4 is 5.73 Å². The maximum absolute atomic E-state index is 11.9. The number of ketones is 1. The molecule has 0 radical (unpaired) electrons. The summed E-state index contributed by atoms with van der Waals surface area (Å²) in [6.45, 7) is 6.62. The summed E-state index contributed by atoms with van der Waals surface area (Å²) in [5.41, 5.74) is 9.65. The van der Waals surface area contributed by atoms with Crippen LogP contribution >= 0.6 is 0 Å². The van der Waals surface area contributed by atoms with Crippen LogP contribution in [0.5, 0.6) is 0 Å². The molecule has 0 bridgehead atoms. The zero-order valence-electron chi connectivity index (χ0n) is 9.76. The summed E-state index contributed by atoms with van der Waals surface area (Å²) in [7, 11) is 0. The molecule has 2 nitrogen and oxygen atoms in total. The highest BCUT2D eigenvalue weighted by molar-refractivity contribution is 5.98. The molecule has 0 saturated carbocycles. The van der Waals surface area contributed by atoms with Gasteiger partial charge in [-0.05, 0) is 44.9 Å². The van der Waals surface area contributed by atoms with Gasteiger partial charge in [-0.15, -0.1) is 0 Å². The second-order valence-corrected chi connectivity index (χ2v) is 4.09. The molecule has 0 saturated heterocycles. The Kier molecular flexibility index (Phi) is 4.04. The van der Waals surface area contributed by atoms with E-state index in [1.807, 2.05) is 20.8 Å². The van der Waals surface area contributed by atoms with Crippen LogP contribution in [0.4, 0.5) is 0 Å². The molecule has 1 aromatic carbocycles. The smallest absolute Gasteiger partial charge is 0.163 e. The van der Waals surface area contributed by atoms with Crippen LogP contribution in [0.1, 0.15) is 39.9 Å². The summed E-state index contributed by atoms with van der Waals surface area (Å²) < 4.78 is 0. The predicted molar refractivity (Wildman–Crippen MR) is 63.3 cm³/mol. The first-order chi connectivity index (χ1) is 7.06. The molecule has 0 amide bonds. The van der Waals surface area contributed by atoms with Gasteiger partial charge in [-0.1, -0.05) is 17.7 Å². The third kappa shape index (κ3) is 2.90. The quantitative estimate of drug-likeness (QED) is 0.767. The van der Waals surface area contributed by atoms with Crippen molar-refractivity contribution in [1.29, 1.82) is 0 Å². The molecule has 1 rings (SSSR count). The van der Waals surface area contributed by atoms with E-state index in [0.717, 1.165) is 23.1 Å². The molecule has 0 fully saturated rings. The Morgan fingerprint density at radius 2 is 1.73 bits per heavy atom. The van der Waals surface area contributed by atoms with Crippen LogP contribution in [-0.4, -0.2) is 12.3 Å². The van der Waals surface area contributed by atoms with Gasteiger partial charge in [0.1, 0.15) is 0 Å². The number of carbonyl (C=O) groups is 1. The fourth-order valence-corrected chi connectivity index (χ4v) is 2.01. The fourth-order valence-electron chi connectivity index (χ4n) is 2.01. The minimum Gasteiger partial charge on any atom is -0.330 e. The standard InChI is InChI=1S/C13H19NO/c1-9-7-10(2)13(11(3)8-9)12(15)5-4-6-14/h7-8H,4-6,14H2,1-3H3. The van der Waals surface area contributed by atoms with Crippen molar-refractivity contribution in [3.63, 3.8) is 0 Å². The first-order valence-corrected chi connectivity index (χ1v) is 5.37. The van der Waals surface area contributed by atoms with E-state index >= 15 is 0 Å². The van der Waals surface area contributed by atoms with Gasteiger partial charge in [-0.25, -0.2) is 0 Å². The van der Waals surface area contributed by atoms with Gasteiger partial charge in [0, 0.05) is 12.0 Å². The largest absolute Gasteiger partial charge is 0.330 e. The van der Waals surface area contributed by atoms with Crippen LogP contribution in [0.15, 0.2) is 12.1 Å². The molecule has 2 N–H and O–H groups in total. The number of Topliss-reactive ketones (excluding diaryl/α,β-unsaturated/α-hetero) is 1. The summed E-state index contributed by atoms with van der Waals surface area (Å²) in [4.78, 5) is 11.9. The molecule has 1 aromatic rings. The van der Waals surface area contributed by atoms with Crippen LogP contribution in [0, 0.1) is 20.8 Å². The second-order valence-electron chi connectivity index (χ2n) is 4.09. The number of hydrogen-bond donors (Lipinski definition) is 1. The van der Waals surface area contributed by atoms with E-state index in [4.69, 9.17) is 5.73 Å². The Hall–Kier alpha value is -1.15. The van der Waals surface area contributed by atoms with Gasteiger partial charge >= 0.3 is 0 Å². The van der Waals surface area contributed by atoms with Gasteiger partial charge in [0.25, 0.3) is 0 Å². The van der Waals surface area contributed by atoms with E-state index in [2.05, 4.69) is 12.1 Å². The average molecular weight is 205 g/mol. The molecule has 0 aromatic heterocycles. The molecule has 0 aliphatic carbocycles. The molecule has 0 aliphatic rings. The summed E-state index contributed by atoms with van der Waals surface area (Å²) in [6, 6.07) is 4.12. The minimum absolute atomic E-state index is 0.218. The van der Waals surface area contributed by atoms with Crippen LogP contribution in [0.2, 0.25) is 0 Å². The Morgan fingerprint density at radius 3 is 2.20 bits per heavy atom. The summed E-state index contributed by atoms with van der Waals surface area (Å²) in [6.07, 6.45) is 1.33. The van der Waals surface area contributed by atoms with Crippen LogP contribution in [0.25, 0.3) is 0 Å². The molecular weight excluding hydrogens is 186 g/mol. The first-order valence-electron chi connectivity index (χ1n) is 5.37. The predicted octanol–water partition coefficient (Wildman–Crippen LogP) is 2.53. The molecule has 0 heterocycles. The third-order valence-corrected chi connectivity index (χ3v) is 2.56. The lowest BCUT2D eigenvalue weighted by molar-refractivity contribution is 0.0979. The van der Waals surface area contributed by atoms with E-state index in [0.29, 0.717) is 13.0 Å². The van der Waals surface area contributed by atoms with E-state index in [1.54, 1.807) is 0 Å².